The van der Waals surface area contributed by atoms with Crippen LogP contribution in [0, 0.1) is 0 Å². The number of aliphatic carboxylic acids is 1. The van der Waals surface area contributed by atoms with Gasteiger partial charge in [-0.15, -0.1) is 0 Å². The third-order valence-corrected chi connectivity index (χ3v) is 5.71. The number of ether oxygens (including phenoxy) is 2. The van der Waals surface area contributed by atoms with E-state index in [0.29, 0.717) is 34.1 Å². The van der Waals surface area contributed by atoms with Crippen molar-refractivity contribution in [1.82, 2.24) is 4.90 Å². The maximum absolute atomic E-state index is 12.8. The number of carbonyl (C=O) groups excluding carboxylic acids is 1. The van der Waals surface area contributed by atoms with E-state index < -0.39 is 17.9 Å². The van der Waals surface area contributed by atoms with Crippen LogP contribution in [0.4, 0.5) is 0 Å². The van der Waals surface area contributed by atoms with Crippen LogP contribution in [0.2, 0.25) is 0 Å². The van der Waals surface area contributed by atoms with Gasteiger partial charge < -0.3 is 14.6 Å². The number of methoxy groups -OCH3 is 2. The molecule has 6 nitrogen and oxygen atoms in total. The second kappa shape index (κ2) is 9.29. The molecule has 0 saturated carbocycles. The molecular formula is C17H19NO5S3. The van der Waals surface area contributed by atoms with E-state index in [0.717, 1.165) is 11.8 Å². The van der Waals surface area contributed by atoms with Crippen molar-refractivity contribution in [2.75, 3.05) is 26.2 Å². The zero-order valence-electron chi connectivity index (χ0n) is 14.6. The number of benzene rings is 1. The van der Waals surface area contributed by atoms with E-state index in [1.807, 2.05) is 6.26 Å². The Morgan fingerprint density at radius 1 is 1.42 bits per heavy atom. The molecule has 0 aromatic heterocycles. The summed E-state index contributed by atoms with van der Waals surface area (Å²) >= 11 is 7.88. The van der Waals surface area contributed by atoms with Gasteiger partial charge in [-0.1, -0.05) is 24.0 Å². The highest BCUT2D eigenvalue weighted by Gasteiger charge is 2.40. The predicted octanol–water partition coefficient (Wildman–Crippen LogP) is 3.11. The quantitative estimate of drug-likeness (QED) is 0.515. The van der Waals surface area contributed by atoms with Crippen molar-refractivity contribution in [3.63, 3.8) is 0 Å². The molecule has 1 atom stereocenters. The Morgan fingerprint density at radius 3 is 2.73 bits per heavy atom. The lowest BCUT2D eigenvalue weighted by molar-refractivity contribution is -0.145. The van der Waals surface area contributed by atoms with E-state index in [1.54, 1.807) is 31.4 Å². The predicted molar refractivity (Wildman–Crippen MR) is 109 cm³/mol. The molecule has 1 N–H and O–H groups in total. The minimum atomic E-state index is -1.06. The van der Waals surface area contributed by atoms with Crippen LogP contribution in [0.15, 0.2) is 23.1 Å². The van der Waals surface area contributed by atoms with Gasteiger partial charge in [0.2, 0.25) is 0 Å². The third-order valence-electron chi connectivity index (χ3n) is 3.74. The summed E-state index contributed by atoms with van der Waals surface area (Å²) in [5.41, 5.74) is 0.656. The molecule has 26 heavy (non-hydrogen) atoms. The molecular weight excluding hydrogens is 394 g/mol. The first-order chi connectivity index (χ1) is 12.4. The van der Waals surface area contributed by atoms with E-state index in [4.69, 9.17) is 21.7 Å². The van der Waals surface area contributed by atoms with Crippen molar-refractivity contribution in [2.45, 2.75) is 12.5 Å². The first kappa shape index (κ1) is 20.6. The summed E-state index contributed by atoms with van der Waals surface area (Å²) in [6.45, 7) is 0. The molecule has 0 bridgehead atoms. The SMILES string of the molecule is COc1ccc(OC)c(/C=C2/SC(=S)N([C@H](CCSC)C(=O)O)C2=O)c1. The number of rotatable bonds is 8. The van der Waals surface area contributed by atoms with Gasteiger partial charge >= 0.3 is 5.97 Å². The fraction of sp³-hybridized carbons (Fsp3) is 0.353. The zero-order valence-corrected chi connectivity index (χ0v) is 17.0. The van der Waals surface area contributed by atoms with Crippen molar-refractivity contribution in [3.8, 4) is 11.5 Å². The standard InChI is InChI=1S/C17H19NO5S3/c1-22-11-4-5-13(23-2)10(8-11)9-14-15(19)18(17(24)26-14)12(16(20)21)6-7-25-3/h4-5,8-9,12H,6-7H2,1-3H3,(H,20,21)/b14-9+/t12-/m1/s1. The summed E-state index contributed by atoms with van der Waals surface area (Å²) in [5, 5.41) is 9.49. The largest absolute Gasteiger partial charge is 0.497 e. The summed E-state index contributed by atoms with van der Waals surface area (Å²) in [4.78, 5) is 25.9. The molecule has 1 heterocycles. The molecule has 9 heteroatoms. The number of hydrogen-bond acceptors (Lipinski definition) is 7. The molecule has 1 aromatic rings. The van der Waals surface area contributed by atoms with Crippen LogP contribution in [0.1, 0.15) is 12.0 Å². The van der Waals surface area contributed by atoms with Crippen molar-refractivity contribution in [3.05, 3.63) is 28.7 Å². The van der Waals surface area contributed by atoms with Crippen LogP contribution in [0.25, 0.3) is 6.08 Å². The molecule has 2 rings (SSSR count). The number of hydrogen-bond donors (Lipinski definition) is 1. The van der Waals surface area contributed by atoms with E-state index >= 15 is 0 Å². The number of amides is 1. The lowest BCUT2D eigenvalue weighted by atomic mass is 10.1. The molecule has 0 spiro atoms. The molecule has 1 amide bonds. The summed E-state index contributed by atoms with van der Waals surface area (Å²) < 4.78 is 10.8. The fourth-order valence-corrected chi connectivity index (χ4v) is 4.24. The van der Waals surface area contributed by atoms with Gasteiger partial charge in [0.05, 0.1) is 19.1 Å². The Balaban J connectivity index is 2.36. The van der Waals surface area contributed by atoms with Gasteiger partial charge in [-0.3, -0.25) is 9.69 Å². The summed E-state index contributed by atoms with van der Waals surface area (Å²) in [7, 11) is 3.08. The van der Waals surface area contributed by atoms with Crippen LogP contribution in [-0.2, 0) is 9.59 Å². The molecule has 1 saturated heterocycles. The van der Waals surface area contributed by atoms with Crippen LogP contribution >= 0.6 is 35.7 Å². The highest BCUT2D eigenvalue weighted by Crippen LogP contribution is 2.37. The lowest BCUT2D eigenvalue weighted by Gasteiger charge is -2.22. The molecule has 1 aliphatic heterocycles. The Labute approximate surface area is 165 Å². The van der Waals surface area contributed by atoms with Gasteiger partial charge in [0, 0.05) is 5.56 Å². The average molecular weight is 414 g/mol. The monoisotopic (exact) mass is 413 g/mol. The van der Waals surface area contributed by atoms with Gasteiger partial charge in [0.15, 0.2) is 0 Å². The Kier molecular flexibility index (Phi) is 7.36. The number of carbonyl (C=O) groups is 2. The fourth-order valence-electron chi connectivity index (χ4n) is 2.43. The molecule has 0 aliphatic carbocycles. The minimum absolute atomic E-state index is 0.247. The first-order valence-corrected chi connectivity index (χ1v) is 10.3. The second-order valence-electron chi connectivity index (χ2n) is 5.30. The number of thioether (sulfide) groups is 2. The Bertz CT molecular complexity index is 750. The molecule has 1 aliphatic rings. The van der Waals surface area contributed by atoms with Crippen LogP contribution < -0.4 is 9.47 Å². The molecule has 140 valence electrons. The summed E-state index contributed by atoms with van der Waals surface area (Å²) in [6.07, 6.45) is 3.87. The Hall–Kier alpha value is -1.71. The summed E-state index contributed by atoms with van der Waals surface area (Å²) in [6, 6.07) is 4.27. The third kappa shape index (κ3) is 4.52. The average Bonchev–Trinajstić information content (AvgIpc) is 2.89. The maximum atomic E-state index is 12.8. The highest BCUT2D eigenvalue weighted by molar-refractivity contribution is 8.26. The van der Waals surface area contributed by atoms with Gasteiger partial charge in [-0.05, 0) is 42.7 Å². The minimum Gasteiger partial charge on any atom is -0.497 e. The first-order valence-electron chi connectivity index (χ1n) is 7.63. The molecule has 0 unspecified atom stereocenters. The van der Waals surface area contributed by atoms with Crippen molar-refractivity contribution >= 4 is 58.0 Å². The van der Waals surface area contributed by atoms with Crippen molar-refractivity contribution in [1.29, 1.82) is 0 Å². The molecule has 1 fully saturated rings. The van der Waals surface area contributed by atoms with E-state index in [-0.39, 0.29) is 4.32 Å². The summed E-state index contributed by atoms with van der Waals surface area (Å²) in [5.74, 6) is 0.356. The number of nitrogens with zero attached hydrogens (tertiary/aromatic N) is 1. The highest BCUT2D eigenvalue weighted by atomic mass is 32.2. The topological polar surface area (TPSA) is 76.1 Å². The second-order valence-corrected chi connectivity index (χ2v) is 7.96. The van der Waals surface area contributed by atoms with Crippen LogP contribution in [0.3, 0.4) is 0 Å². The normalized spacial score (nSPS) is 16.9. The van der Waals surface area contributed by atoms with E-state index in [9.17, 15) is 14.7 Å². The van der Waals surface area contributed by atoms with Crippen molar-refractivity contribution in [2.24, 2.45) is 0 Å². The van der Waals surface area contributed by atoms with Gasteiger partial charge in [0.25, 0.3) is 5.91 Å². The van der Waals surface area contributed by atoms with Crippen LogP contribution in [-0.4, -0.2) is 58.5 Å². The Morgan fingerprint density at radius 2 is 2.15 bits per heavy atom. The van der Waals surface area contributed by atoms with Gasteiger partial charge in [0.1, 0.15) is 21.9 Å². The molecule has 1 aromatic carbocycles. The van der Waals surface area contributed by atoms with Crippen molar-refractivity contribution < 1.29 is 24.2 Å². The van der Waals surface area contributed by atoms with E-state index in [1.165, 1.54) is 23.8 Å². The zero-order chi connectivity index (χ0) is 19.3. The maximum Gasteiger partial charge on any atom is 0.326 e. The number of carboxylic acid groups (broad SMARTS) is 1. The van der Waals surface area contributed by atoms with Gasteiger partial charge in [-0.25, -0.2) is 4.79 Å². The number of carboxylic acids is 1. The van der Waals surface area contributed by atoms with Crippen LogP contribution in [0.5, 0.6) is 11.5 Å². The smallest absolute Gasteiger partial charge is 0.326 e. The molecule has 0 radical (unpaired) electrons. The van der Waals surface area contributed by atoms with Gasteiger partial charge in [-0.2, -0.15) is 11.8 Å². The number of thiocarbonyl (C=S) groups is 1. The van der Waals surface area contributed by atoms with E-state index in [2.05, 4.69) is 0 Å². The lowest BCUT2D eigenvalue weighted by Crippen LogP contribution is -2.44.